The molecule has 0 aliphatic carbocycles. The summed E-state index contributed by atoms with van der Waals surface area (Å²) in [4.78, 5) is 4.83. The molecule has 0 saturated carbocycles. The minimum atomic E-state index is -2.68. The van der Waals surface area contributed by atoms with Crippen molar-refractivity contribution in [3.63, 3.8) is 0 Å². The van der Waals surface area contributed by atoms with Gasteiger partial charge in [0.15, 0.2) is 0 Å². The molecule has 7 heavy (non-hydrogen) atoms. The molecule has 2 heterocycles. The summed E-state index contributed by atoms with van der Waals surface area (Å²) in [6, 6.07) is 0. The SMILES string of the molecule is [Cl][Pt]12([Cl])([CH2][CH2]1)[CH2][CH2]2. The van der Waals surface area contributed by atoms with Crippen LogP contribution in [-0.4, -0.2) is 0 Å². The molecule has 0 nitrogen and oxygen atoms in total. The fraction of sp³-hybridized carbons (Fsp3) is 1.00. The molecular formula is C4H8Cl2Pt. The van der Waals surface area contributed by atoms with Gasteiger partial charge in [0.25, 0.3) is 0 Å². The average Bonchev–Trinajstić information content (AvgIpc) is 2.29. The molecule has 2 saturated heterocycles. The number of hydrogen-bond donors (Lipinski definition) is 0. The van der Waals surface area contributed by atoms with Gasteiger partial charge in [0.1, 0.15) is 0 Å². The van der Waals surface area contributed by atoms with E-state index in [0.29, 0.717) is 0 Å². The molecular weight excluding hydrogens is 314 g/mol. The minimum absolute atomic E-state index is 1.21. The maximum absolute atomic E-state index is 6.21. The normalized spacial score (nSPS) is 55.7. The Morgan fingerprint density at radius 2 is 1.14 bits per heavy atom. The summed E-state index contributed by atoms with van der Waals surface area (Å²) in [7, 11) is 12.4. The molecule has 1 spiro atoms. The first-order valence-corrected chi connectivity index (χ1v) is 14.2. The van der Waals surface area contributed by atoms with E-state index < -0.39 is 11.5 Å². The van der Waals surface area contributed by atoms with Crippen LogP contribution >= 0.6 is 18.8 Å². The van der Waals surface area contributed by atoms with Gasteiger partial charge in [-0.1, -0.05) is 0 Å². The van der Waals surface area contributed by atoms with Gasteiger partial charge in [-0.05, 0) is 0 Å². The summed E-state index contributed by atoms with van der Waals surface area (Å²) in [6.07, 6.45) is 0. The summed E-state index contributed by atoms with van der Waals surface area (Å²) in [5.74, 6) is 0. The van der Waals surface area contributed by atoms with E-state index in [2.05, 4.69) is 0 Å². The van der Waals surface area contributed by atoms with Crippen LogP contribution in [0.25, 0.3) is 0 Å². The van der Waals surface area contributed by atoms with Gasteiger partial charge in [-0.3, -0.25) is 0 Å². The second-order valence-corrected chi connectivity index (χ2v) is 32.9. The molecule has 0 aromatic rings. The number of rotatable bonds is 0. The summed E-state index contributed by atoms with van der Waals surface area (Å²) in [5.41, 5.74) is 0. The molecule has 2 aliphatic rings. The van der Waals surface area contributed by atoms with Crippen molar-refractivity contribution in [2.75, 3.05) is 0 Å². The maximum atomic E-state index is 6.21. The van der Waals surface area contributed by atoms with E-state index in [4.69, 9.17) is 18.8 Å². The third-order valence-electron chi connectivity index (χ3n) is 1.69. The van der Waals surface area contributed by atoms with Gasteiger partial charge in [-0.2, -0.15) is 0 Å². The molecule has 0 aromatic heterocycles. The quantitative estimate of drug-likeness (QED) is 0.642. The van der Waals surface area contributed by atoms with Crippen molar-refractivity contribution < 1.29 is 11.5 Å². The van der Waals surface area contributed by atoms with Crippen LogP contribution in [0.15, 0.2) is 0 Å². The van der Waals surface area contributed by atoms with Crippen LogP contribution < -0.4 is 0 Å². The summed E-state index contributed by atoms with van der Waals surface area (Å²) in [6.45, 7) is 0. The molecule has 0 amide bonds. The first-order chi connectivity index (χ1) is 2.97. The van der Waals surface area contributed by atoms with Crippen LogP contribution in [0.4, 0.5) is 0 Å². The van der Waals surface area contributed by atoms with Crippen molar-refractivity contribution in [2.45, 2.75) is 19.2 Å². The molecule has 0 bridgehead atoms. The summed E-state index contributed by atoms with van der Waals surface area (Å²) in [5, 5.41) is 0. The molecule has 0 atom stereocenters. The fourth-order valence-electron chi connectivity index (χ4n) is 0.533. The Morgan fingerprint density at radius 3 is 1.14 bits per heavy atom. The molecule has 0 unspecified atom stereocenters. The fourth-order valence-corrected chi connectivity index (χ4v) is 27.3. The molecule has 48 valence electrons. The first-order valence-electron chi connectivity index (χ1n) is 2.13. The van der Waals surface area contributed by atoms with Crippen LogP contribution in [0.1, 0.15) is 0 Å². The van der Waals surface area contributed by atoms with Gasteiger partial charge < -0.3 is 0 Å². The van der Waals surface area contributed by atoms with Crippen LogP contribution in [0.2, 0.25) is 19.2 Å². The van der Waals surface area contributed by atoms with Crippen molar-refractivity contribution in [1.29, 1.82) is 0 Å². The zero-order chi connectivity index (χ0) is 5.24. The molecule has 2 fully saturated rings. The predicted octanol–water partition coefficient (Wildman–Crippen LogP) is 3.22. The third kappa shape index (κ3) is 0.543. The zero-order valence-corrected chi connectivity index (χ0v) is 7.68. The predicted molar refractivity (Wildman–Crippen MR) is 30.9 cm³/mol. The second-order valence-electron chi connectivity index (χ2n) is 2.30. The monoisotopic (exact) mass is 321 g/mol. The van der Waals surface area contributed by atoms with E-state index in [1.165, 1.54) is 19.2 Å². The topological polar surface area (TPSA) is 0 Å². The van der Waals surface area contributed by atoms with Gasteiger partial charge in [0.2, 0.25) is 0 Å². The van der Waals surface area contributed by atoms with E-state index in [1.54, 1.807) is 0 Å². The Labute approximate surface area is 49.5 Å². The Hall–Kier alpha value is 1.27. The third-order valence-corrected chi connectivity index (χ3v) is 21.6. The van der Waals surface area contributed by atoms with E-state index in [9.17, 15) is 0 Å². The zero-order valence-electron chi connectivity index (χ0n) is 3.90. The summed E-state index contributed by atoms with van der Waals surface area (Å²) >= 11 is -2.68. The van der Waals surface area contributed by atoms with E-state index in [0.717, 1.165) is 0 Å². The number of hydrogen-bond acceptors (Lipinski definition) is 0. The van der Waals surface area contributed by atoms with E-state index >= 15 is 0 Å². The van der Waals surface area contributed by atoms with Crippen LogP contribution in [0, 0.1) is 0 Å². The van der Waals surface area contributed by atoms with Crippen LogP contribution in [-0.2, 0) is 11.5 Å². The molecule has 0 radical (unpaired) electrons. The Bertz CT molecular complexity index is 124. The van der Waals surface area contributed by atoms with Gasteiger partial charge in [-0.25, -0.2) is 0 Å². The molecule has 2 aliphatic heterocycles. The molecule has 0 N–H and O–H groups in total. The van der Waals surface area contributed by atoms with Crippen molar-refractivity contribution in [1.82, 2.24) is 0 Å². The second kappa shape index (κ2) is 0.695. The number of halogens is 2. The standard InChI is InChI=1S/2C2H4.2ClH.Pt/c2*1-2;;;/h2*1-2H2;2*1H;/q;;;;+2/p-2. The Kier molecular flexibility index (Phi) is 0.505. The van der Waals surface area contributed by atoms with Crippen LogP contribution in [0.3, 0.4) is 0 Å². The van der Waals surface area contributed by atoms with Gasteiger partial charge in [0, 0.05) is 0 Å². The van der Waals surface area contributed by atoms with Crippen molar-refractivity contribution in [3.8, 4) is 0 Å². The summed E-state index contributed by atoms with van der Waals surface area (Å²) < 4.78 is 0. The van der Waals surface area contributed by atoms with Crippen molar-refractivity contribution in [3.05, 3.63) is 0 Å². The van der Waals surface area contributed by atoms with E-state index in [-0.39, 0.29) is 0 Å². The Morgan fingerprint density at radius 1 is 0.857 bits per heavy atom. The average molecular weight is 322 g/mol. The molecule has 3 heteroatoms. The molecule has 0 aromatic carbocycles. The Balaban J connectivity index is 2.57. The van der Waals surface area contributed by atoms with Crippen molar-refractivity contribution >= 4 is 18.8 Å². The van der Waals surface area contributed by atoms with Crippen molar-refractivity contribution in [2.24, 2.45) is 0 Å². The first kappa shape index (κ1) is 5.08. The van der Waals surface area contributed by atoms with E-state index in [1.807, 2.05) is 0 Å². The molecule has 2 rings (SSSR count). The van der Waals surface area contributed by atoms with Crippen LogP contribution in [0.5, 0.6) is 0 Å². The van der Waals surface area contributed by atoms with Gasteiger partial charge in [0.05, 0.1) is 0 Å². The van der Waals surface area contributed by atoms with Gasteiger partial charge >= 0.3 is 49.6 Å². The van der Waals surface area contributed by atoms with Gasteiger partial charge in [-0.15, -0.1) is 0 Å².